The fraction of sp³-hybridized carbons (Fsp3) is 0.790. The van der Waals surface area contributed by atoms with Crippen molar-refractivity contribution in [1.29, 1.82) is 0 Å². The summed E-state index contributed by atoms with van der Waals surface area (Å²) in [6, 6.07) is 0. The van der Waals surface area contributed by atoms with E-state index in [0.717, 1.165) is 77.0 Å². The van der Waals surface area contributed by atoms with Gasteiger partial charge in [0.1, 0.15) is 13.2 Å². The minimum Gasteiger partial charge on any atom is -0.462 e. The lowest BCUT2D eigenvalue weighted by Crippen LogP contribution is -2.30. The highest BCUT2D eigenvalue weighted by Crippen LogP contribution is 2.17. The Hall–Kier alpha value is -2.89. The highest BCUT2D eigenvalue weighted by molar-refractivity contribution is 5.71. The van der Waals surface area contributed by atoms with Crippen molar-refractivity contribution in [3.05, 3.63) is 60.8 Å². The number of esters is 3. The van der Waals surface area contributed by atoms with Crippen LogP contribution in [-0.2, 0) is 28.6 Å². The average molecular weight is 952 g/mol. The van der Waals surface area contributed by atoms with Crippen molar-refractivity contribution in [3.8, 4) is 0 Å². The van der Waals surface area contributed by atoms with Crippen LogP contribution in [0.3, 0.4) is 0 Å². The van der Waals surface area contributed by atoms with Crippen molar-refractivity contribution >= 4 is 17.9 Å². The normalized spacial score (nSPS) is 12.5. The Morgan fingerprint density at radius 1 is 0.309 bits per heavy atom. The number of hydrogen-bond donors (Lipinski definition) is 0. The van der Waals surface area contributed by atoms with Gasteiger partial charge in [0, 0.05) is 19.3 Å². The highest BCUT2D eigenvalue weighted by atomic mass is 16.6. The summed E-state index contributed by atoms with van der Waals surface area (Å²) in [5.74, 6) is -0.936. The number of allylic oxidation sites excluding steroid dienone is 10. The summed E-state index contributed by atoms with van der Waals surface area (Å²) in [7, 11) is 0. The number of carbonyl (C=O) groups excluding carboxylic acids is 3. The zero-order valence-corrected chi connectivity index (χ0v) is 45.1. The number of hydrogen-bond acceptors (Lipinski definition) is 6. The van der Waals surface area contributed by atoms with E-state index in [-0.39, 0.29) is 37.5 Å². The molecule has 0 aromatic heterocycles. The van der Waals surface area contributed by atoms with E-state index in [1.165, 1.54) is 173 Å². The van der Waals surface area contributed by atoms with E-state index < -0.39 is 6.10 Å². The highest BCUT2D eigenvalue weighted by Gasteiger charge is 2.19. The fourth-order valence-corrected chi connectivity index (χ4v) is 8.42. The molecule has 0 spiro atoms. The van der Waals surface area contributed by atoms with Gasteiger partial charge in [0.2, 0.25) is 0 Å². The molecular formula is C62H110O6. The number of rotatable bonds is 53. The Morgan fingerprint density at radius 2 is 0.574 bits per heavy atom. The van der Waals surface area contributed by atoms with Crippen molar-refractivity contribution in [2.45, 2.75) is 303 Å². The largest absolute Gasteiger partial charge is 0.462 e. The number of ether oxygens (including phenoxy) is 3. The van der Waals surface area contributed by atoms with Crippen LogP contribution in [0.1, 0.15) is 297 Å². The third-order valence-corrected chi connectivity index (χ3v) is 12.8. The molecule has 0 N–H and O–H groups in total. The van der Waals surface area contributed by atoms with Gasteiger partial charge in [0.25, 0.3) is 0 Å². The number of carbonyl (C=O) groups is 3. The van der Waals surface area contributed by atoms with E-state index in [0.29, 0.717) is 19.3 Å². The topological polar surface area (TPSA) is 78.9 Å². The van der Waals surface area contributed by atoms with Gasteiger partial charge in [0.05, 0.1) is 0 Å². The van der Waals surface area contributed by atoms with Crippen molar-refractivity contribution in [2.75, 3.05) is 13.2 Å². The van der Waals surface area contributed by atoms with Crippen molar-refractivity contribution < 1.29 is 28.6 Å². The molecule has 0 aromatic rings. The number of unbranched alkanes of at least 4 members (excludes halogenated alkanes) is 32. The van der Waals surface area contributed by atoms with Crippen LogP contribution in [0.2, 0.25) is 0 Å². The van der Waals surface area contributed by atoms with Gasteiger partial charge in [-0.3, -0.25) is 14.4 Å². The summed E-state index contributed by atoms with van der Waals surface area (Å²) in [6.07, 6.45) is 70.8. The van der Waals surface area contributed by atoms with Crippen LogP contribution in [0.4, 0.5) is 0 Å². The van der Waals surface area contributed by atoms with Crippen LogP contribution >= 0.6 is 0 Å². The fourth-order valence-electron chi connectivity index (χ4n) is 8.42. The first-order chi connectivity index (χ1) is 33.5. The monoisotopic (exact) mass is 951 g/mol. The minimum atomic E-state index is -0.800. The van der Waals surface area contributed by atoms with Crippen LogP contribution in [0.15, 0.2) is 60.8 Å². The maximum Gasteiger partial charge on any atom is 0.306 e. The SMILES string of the molecule is CC/C=C\C/C=C\C/C=C\C/C=C\C/C=C\CCCC(=O)OC(COC(=O)CCCCCCCCCCCCCCCC)COC(=O)CCCCCCCCCCCCCCCCCCCCC. The third-order valence-electron chi connectivity index (χ3n) is 12.8. The second-order valence-electron chi connectivity index (χ2n) is 19.5. The molecule has 0 aliphatic carbocycles. The molecule has 6 nitrogen and oxygen atoms in total. The molecule has 0 saturated carbocycles. The van der Waals surface area contributed by atoms with E-state index in [4.69, 9.17) is 14.2 Å². The minimum absolute atomic E-state index is 0.0927. The molecule has 0 aliphatic rings. The maximum atomic E-state index is 12.8. The molecule has 0 aliphatic heterocycles. The Bertz CT molecular complexity index is 1230. The van der Waals surface area contributed by atoms with E-state index in [9.17, 15) is 14.4 Å². The van der Waals surface area contributed by atoms with E-state index in [1.54, 1.807) is 0 Å². The van der Waals surface area contributed by atoms with Gasteiger partial charge in [-0.25, -0.2) is 0 Å². The molecule has 0 bridgehead atoms. The second-order valence-corrected chi connectivity index (χ2v) is 19.5. The zero-order valence-electron chi connectivity index (χ0n) is 45.1. The van der Waals surface area contributed by atoms with Crippen LogP contribution < -0.4 is 0 Å². The van der Waals surface area contributed by atoms with Gasteiger partial charge in [-0.2, -0.15) is 0 Å². The van der Waals surface area contributed by atoms with Gasteiger partial charge < -0.3 is 14.2 Å². The lowest BCUT2D eigenvalue weighted by molar-refractivity contribution is -0.167. The van der Waals surface area contributed by atoms with E-state index in [2.05, 4.69) is 81.5 Å². The molecule has 1 unspecified atom stereocenters. The summed E-state index contributed by atoms with van der Waals surface area (Å²) >= 11 is 0. The second kappa shape index (κ2) is 56.7. The van der Waals surface area contributed by atoms with Gasteiger partial charge in [-0.1, -0.05) is 281 Å². The van der Waals surface area contributed by atoms with Gasteiger partial charge in [0.15, 0.2) is 6.10 Å². The van der Waals surface area contributed by atoms with Gasteiger partial charge in [-0.15, -0.1) is 0 Å². The first-order valence-corrected chi connectivity index (χ1v) is 29.3. The third kappa shape index (κ3) is 54.1. The molecule has 0 heterocycles. The summed E-state index contributed by atoms with van der Waals surface area (Å²) in [5.41, 5.74) is 0. The molecule has 0 radical (unpaired) electrons. The Kier molecular flexibility index (Phi) is 54.3. The molecule has 0 fully saturated rings. The summed E-state index contributed by atoms with van der Waals surface area (Å²) < 4.78 is 16.8. The predicted octanol–water partition coefficient (Wildman–Crippen LogP) is 19.6. The molecule has 0 amide bonds. The van der Waals surface area contributed by atoms with Crippen molar-refractivity contribution in [2.24, 2.45) is 0 Å². The Balaban J connectivity index is 4.41. The van der Waals surface area contributed by atoms with Crippen LogP contribution in [0, 0.1) is 0 Å². The first kappa shape index (κ1) is 65.1. The standard InChI is InChI=1S/C62H110O6/c1-4-7-10-13-16-19-22-25-28-30-31-33-34-37-40-43-46-49-52-55-61(64)67-58-59(57-66-60(63)54-51-48-45-42-39-36-27-24-21-18-15-12-9-6-3)68-62(65)56-53-50-47-44-41-38-35-32-29-26-23-20-17-14-11-8-5-2/h8,11,17,20,26,29,35,38,44,47,59H,4-7,9-10,12-16,18-19,21-25,27-28,30-34,36-37,39-43,45-46,48-58H2,1-3H3/b11-8-,20-17-,29-26-,38-35-,47-44-. The first-order valence-electron chi connectivity index (χ1n) is 29.3. The maximum absolute atomic E-state index is 12.8. The van der Waals surface area contributed by atoms with Gasteiger partial charge >= 0.3 is 17.9 Å². The molecule has 6 heteroatoms. The summed E-state index contributed by atoms with van der Waals surface area (Å²) in [6.45, 7) is 6.52. The van der Waals surface area contributed by atoms with Crippen LogP contribution in [-0.4, -0.2) is 37.2 Å². The van der Waals surface area contributed by atoms with E-state index in [1.807, 2.05) is 0 Å². The predicted molar refractivity (Wildman–Crippen MR) is 293 cm³/mol. The molecule has 1 atom stereocenters. The van der Waals surface area contributed by atoms with Crippen LogP contribution in [0.25, 0.3) is 0 Å². The molecular weight excluding hydrogens is 841 g/mol. The summed E-state index contributed by atoms with van der Waals surface area (Å²) in [4.78, 5) is 38.1. The Morgan fingerprint density at radius 3 is 0.882 bits per heavy atom. The quantitative estimate of drug-likeness (QED) is 0.0262. The Labute approximate surface area is 421 Å². The lowest BCUT2D eigenvalue weighted by atomic mass is 10.0. The zero-order chi connectivity index (χ0) is 49.3. The van der Waals surface area contributed by atoms with Gasteiger partial charge in [-0.05, 0) is 57.8 Å². The molecule has 0 aromatic carbocycles. The van der Waals surface area contributed by atoms with E-state index >= 15 is 0 Å². The lowest BCUT2D eigenvalue weighted by Gasteiger charge is -2.18. The molecule has 0 rings (SSSR count). The summed E-state index contributed by atoms with van der Waals surface area (Å²) in [5, 5.41) is 0. The average Bonchev–Trinajstić information content (AvgIpc) is 3.34. The molecule has 68 heavy (non-hydrogen) atoms. The van der Waals surface area contributed by atoms with Crippen LogP contribution in [0.5, 0.6) is 0 Å². The van der Waals surface area contributed by atoms with Crippen molar-refractivity contribution in [3.63, 3.8) is 0 Å². The van der Waals surface area contributed by atoms with Crippen molar-refractivity contribution in [1.82, 2.24) is 0 Å². The molecule has 394 valence electrons. The smallest absolute Gasteiger partial charge is 0.306 e. The molecule has 0 saturated heterocycles.